The van der Waals surface area contributed by atoms with Gasteiger partial charge in [0.25, 0.3) is 11.5 Å². The zero-order chi connectivity index (χ0) is 20.1. The highest BCUT2D eigenvalue weighted by atomic mass is 35.5. The van der Waals surface area contributed by atoms with Crippen LogP contribution >= 0.6 is 11.6 Å². The van der Waals surface area contributed by atoms with Gasteiger partial charge in [-0.3, -0.25) is 9.59 Å². The maximum atomic E-state index is 12.9. The van der Waals surface area contributed by atoms with Crippen LogP contribution < -0.4 is 10.9 Å². The lowest BCUT2D eigenvalue weighted by Crippen LogP contribution is -2.56. The summed E-state index contributed by atoms with van der Waals surface area (Å²) in [4.78, 5) is 37.4. The van der Waals surface area contributed by atoms with Crippen LogP contribution in [0.25, 0.3) is 0 Å². The summed E-state index contributed by atoms with van der Waals surface area (Å²) < 4.78 is 6.37. The number of hydrogen-bond acceptors (Lipinski definition) is 4. The third-order valence-corrected chi connectivity index (χ3v) is 5.55. The third kappa shape index (κ3) is 4.28. The van der Waals surface area contributed by atoms with E-state index in [0.717, 1.165) is 24.8 Å². The van der Waals surface area contributed by atoms with Gasteiger partial charge in [0.2, 0.25) is 0 Å². The number of methoxy groups -OCH3 is 1. The largest absolute Gasteiger partial charge is 0.467 e. The molecule has 1 fully saturated rings. The molecule has 0 atom stereocenters. The fraction of sp³-hybridized carbons (Fsp3) is 0.381. The lowest BCUT2D eigenvalue weighted by Gasteiger charge is -2.35. The van der Waals surface area contributed by atoms with Crippen molar-refractivity contribution in [1.82, 2.24) is 9.88 Å². The molecule has 0 radical (unpaired) electrons. The van der Waals surface area contributed by atoms with Crippen molar-refractivity contribution in [2.45, 2.75) is 44.2 Å². The van der Waals surface area contributed by atoms with Gasteiger partial charge in [-0.1, -0.05) is 49.1 Å². The molecule has 0 spiro atoms. The first-order chi connectivity index (χ1) is 13.4. The summed E-state index contributed by atoms with van der Waals surface area (Å²) in [5, 5.41) is 3.42. The van der Waals surface area contributed by atoms with Gasteiger partial charge in [0.15, 0.2) is 0 Å². The highest BCUT2D eigenvalue weighted by molar-refractivity contribution is 6.31. The summed E-state index contributed by atoms with van der Waals surface area (Å²) in [6, 6.07) is 10.0. The Balaban J connectivity index is 1.85. The summed E-state index contributed by atoms with van der Waals surface area (Å²) in [5.41, 5.74) is -0.159. The molecule has 1 aromatic heterocycles. The fourth-order valence-electron chi connectivity index (χ4n) is 3.62. The Hall–Kier alpha value is -2.60. The van der Waals surface area contributed by atoms with E-state index in [1.807, 2.05) is 18.2 Å². The third-order valence-electron chi connectivity index (χ3n) is 5.18. The molecular weight excluding hydrogens is 380 g/mol. The molecule has 0 aliphatic heterocycles. The Morgan fingerprint density at radius 2 is 1.86 bits per heavy atom. The lowest BCUT2D eigenvalue weighted by atomic mass is 9.81. The minimum absolute atomic E-state index is 0.239. The molecule has 1 aromatic carbocycles. The van der Waals surface area contributed by atoms with Crippen LogP contribution in [-0.4, -0.2) is 29.1 Å². The van der Waals surface area contributed by atoms with Gasteiger partial charge in [0.1, 0.15) is 5.54 Å². The molecule has 1 saturated carbocycles. The fourth-order valence-corrected chi connectivity index (χ4v) is 3.82. The number of pyridine rings is 1. The van der Waals surface area contributed by atoms with Crippen molar-refractivity contribution in [3.05, 3.63) is 69.1 Å². The van der Waals surface area contributed by atoms with E-state index in [1.165, 1.54) is 30.0 Å². The van der Waals surface area contributed by atoms with Crippen molar-refractivity contribution in [3.63, 3.8) is 0 Å². The summed E-state index contributed by atoms with van der Waals surface area (Å²) in [7, 11) is 1.33. The topological polar surface area (TPSA) is 77.4 Å². The van der Waals surface area contributed by atoms with Gasteiger partial charge in [-0.25, -0.2) is 4.79 Å². The van der Waals surface area contributed by atoms with Gasteiger partial charge in [0.05, 0.1) is 19.2 Å². The van der Waals surface area contributed by atoms with Gasteiger partial charge in [-0.2, -0.15) is 0 Å². The Kier molecular flexibility index (Phi) is 6.19. The van der Waals surface area contributed by atoms with Crippen LogP contribution in [0.15, 0.2) is 47.4 Å². The molecule has 28 heavy (non-hydrogen) atoms. The van der Waals surface area contributed by atoms with Gasteiger partial charge >= 0.3 is 5.97 Å². The maximum Gasteiger partial charge on any atom is 0.331 e. The summed E-state index contributed by atoms with van der Waals surface area (Å²) in [6.45, 7) is 0.252. The summed E-state index contributed by atoms with van der Waals surface area (Å²) in [5.74, 6) is -0.829. The number of aromatic nitrogens is 1. The monoisotopic (exact) mass is 402 g/mol. The van der Waals surface area contributed by atoms with Crippen molar-refractivity contribution >= 4 is 23.5 Å². The van der Waals surface area contributed by atoms with E-state index in [0.29, 0.717) is 23.4 Å². The predicted octanol–water partition coefficient (Wildman–Crippen LogP) is 3.16. The number of carbonyl (C=O) groups is 2. The molecule has 1 aliphatic rings. The van der Waals surface area contributed by atoms with Gasteiger partial charge in [-0.05, 0) is 30.5 Å². The molecule has 1 amide bonds. The number of esters is 1. The van der Waals surface area contributed by atoms with Gasteiger partial charge in [-0.15, -0.1) is 0 Å². The quantitative estimate of drug-likeness (QED) is 0.779. The Bertz CT molecular complexity index is 932. The lowest BCUT2D eigenvalue weighted by molar-refractivity contribution is -0.149. The Labute approximate surface area is 168 Å². The number of amides is 1. The standard InChI is InChI=1S/C21H23ClN2O4/c1-28-20(27)21(11-5-2-6-12-21)23-19(26)16-9-10-18(25)24(14-16)13-15-7-3-4-8-17(15)22/h3-4,7-10,14H,2,5-6,11-13H2,1H3,(H,23,26). The molecule has 1 heterocycles. The first kappa shape index (κ1) is 20.1. The number of carbonyl (C=O) groups excluding carboxylic acids is 2. The van der Waals surface area contributed by atoms with E-state index in [4.69, 9.17) is 16.3 Å². The smallest absolute Gasteiger partial charge is 0.331 e. The minimum atomic E-state index is -1.01. The summed E-state index contributed by atoms with van der Waals surface area (Å²) in [6.07, 6.45) is 5.31. The van der Waals surface area contributed by atoms with Crippen LogP contribution in [0.5, 0.6) is 0 Å². The number of ether oxygens (including phenoxy) is 1. The first-order valence-corrected chi connectivity index (χ1v) is 9.68. The van der Waals surface area contributed by atoms with Crippen molar-refractivity contribution in [2.75, 3.05) is 7.11 Å². The molecule has 6 nitrogen and oxygen atoms in total. The first-order valence-electron chi connectivity index (χ1n) is 9.30. The molecule has 0 unspecified atom stereocenters. The van der Waals surface area contributed by atoms with Gasteiger partial charge in [0, 0.05) is 17.3 Å². The molecule has 3 rings (SSSR count). The molecule has 0 saturated heterocycles. The minimum Gasteiger partial charge on any atom is -0.467 e. The Morgan fingerprint density at radius 3 is 2.54 bits per heavy atom. The van der Waals surface area contributed by atoms with Crippen LogP contribution in [0.4, 0.5) is 0 Å². The number of benzene rings is 1. The average Bonchev–Trinajstić information content (AvgIpc) is 2.71. The number of rotatable bonds is 5. The van der Waals surface area contributed by atoms with Crippen molar-refractivity contribution in [1.29, 1.82) is 0 Å². The van der Waals surface area contributed by atoms with E-state index >= 15 is 0 Å². The molecule has 2 aromatic rings. The van der Waals surface area contributed by atoms with Crippen molar-refractivity contribution in [3.8, 4) is 0 Å². The van der Waals surface area contributed by atoms with Crippen LogP contribution in [0.3, 0.4) is 0 Å². The highest BCUT2D eigenvalue weighted by Gasteiger charge is 2.42. The maximum absolute atomic E-state index is 12.9. The van der Waals surface area contributed by atoms with Crippen molar-refractivity contribution < 1.29 is 14.3 Å². The number of hydrogen-bond donors (Lipinski definition) is 1. The molecule has 7 heteroatoms. The van der Waals surface area contributed by atoms with Crippen molar-refractivity contribution in [2.24, 2.45) is 0 Å². The number of nitrogens with zero attached hydrogens (tertiary/aromatic N) is 1. The second kappa shape index (κ2) is 8.61. The van der Waals surface area contributed by atoms with E-state index in [9.17, 15) is 14.4 Å². The van der Waals surface area contributed by atoms with E-state index in [-0.39, 0.29) is 12.1 Å². The zero-order valence-corrected chi connectivity index (χ0v) is 16.5. The second-order valence-corrected chi connectivity index (χ2v) is 7.47. The van der Waals surface area contributed by atoms with Crippen LogP contribution in [0, 0.1) is 0 Å². The zero-order valence-electron chi connectivity index (χ0n) is 15.7. The molecule has 148 valence electrons. The van der Waals surface area contributed by atoms with Crippen LogP contribution in [0.2, 0.25) is 5.02 Å². The second-order valence-electron chi connectivity index (χ2n) is 7.06. The summed E-state index contributed by atoms with van der Waals surface area (Å²) >= 11 is 6.18. The number of nitrogens with one attached hydrogen (secondary N) is 1. The van der Waals surface area contributed by atoms with E-state index < -0.39 is 17.4 Å². The molecular formula is C21H23ClN2O4. The van der Waals surface area contributed by atoms with Crippen LogP contribution in [-0.2, 0) is 16.1 Å². The van der Waals surface area contributed by atoms with E-state index in [2.05, 4.69) is 5.32 Å². The Morgan fingerprint density at radius 1 is 1.14 bits per heavy atom. The van der Waals surface area contributed by atoms with Crippen LogP contribution in [0.1, 0.15) is 48.0 Å². The number of halogens is 1. The molecule has 1 aliphatic carbocycles. The highest BCUT2D eigenvalue weighted by Crippen LogP contribution is 2.29. The molecule has 0 bridgehead atoms. The van der Waals surface area contributed by atoms with E-state index in [1.54, 1.807) is 6.07 Å². The molecule has 1 N–H and O–H groups in total. The predicted molar refractivity (Wildman–Crippen MR) is 107 cm³/mol. The normalized spacial score (nSPS) is 15.6. The average molecular weight is 403 g/mol. The van der Waals surface area contributed by atoms with Gasteiger partial charge < -0.3 is 14.6 Å². The SMILES string of the molecule is COC(=O)C1(NC(=O)c2ccc(=O)n(Cc3ccccc3Cl)c2)CCCCC1.